The van der Waals surface area contributed by atoms with Crippen molar-refractivity contribution in [2.45, 2.75) is 43.5 Å². The van der Waals surface area contributed by atoms with E-state index in [4.69, 9.17) is 0 Å². The minimum Gasteiger partial charge on any atom is -0.326 e. The van der Waals surface area contributed by atoms with E-state index in [-0.39, 0.29) is 29.3 Å². The van der Waals surface area contributed by atoms with Crippen LogP contribution in [0.4, 0.5) is 5.69 Å². The zero-order valence-electron chi connectivity index (χ0n) is 18.1. The molecule has 1 aliphatic rings. The number of hydrogen-bond donors (Lipinski definition) is 2. The zero-order valence-corrected chi connectivity index (χ0v) is 18.9. The lowest BCUT2D eigenvalue weighted by Gasteiger charge is -2.20. The number of hydrogen-bond acceptors (Lipinski definition) is 5. The van der Waals surface area contributed by atoms with Crippen molar-refractivity contribution in [3.05, 3.63) is 69.2 Å². The number of H-pyrrole nitrogens is 1. The van der Waals surface area contributed by atoms with Gasteiger partial charge in [0.1, 0.15) is 0 Å². The molecular formula is C23H26N4O5S. The van der Waals surface area contributed by atoms with Gasteiger partial charge in [0.05, 0.1) is 22.2 Å². The average molecular weight is 471 g/mol. The number of carbonyl (C=O) groups excluding carboxylic acids is 1. The number of aromatic nitrogens is 2. The van der Waals surface area contributed by atoms with Crippen molar-refractivity contribution in [3.63, 3.8) is 0 Å². The molecule has 2 aromatic carbocycles. The van der Waals surface area contributed by atoms with E-state index in [0.717, 1.165) is 30.4 Å². The van der Waals surface area contributed by atoms with E-state index in [9.17, 15) is 22.8 Å². The van der Waals surface area contributed by atoms with E-state index in [1.807, 2.05) is 0 Å². The lowest BCUT2D eigenvalue weighted by Crippen LogP contribution is -2.32. The second-order valence-corrected chi connectivity index (χ2v) is 10.0. The number of carbonyl (C=O) groups is 1. The van der Waals surface area contributed by atoms with Gasteiger partial charge in [-0.1, -0.05) is 25.0 Å². The number of nitrogens with zero attached hydrogens (tertiary/aromatic N) is 2. The van der Waals surface area contributed by atoms with Crippen LogP contribution in [0.5, 0.6) is 0 Å². The van der Waals surface area contributed by atoms with Gasteiger partial charge in [-0.2, -0.15) is 4.31 Å². The third-order valence-electron chi connectivity index (χ3n) is 5.79. The van der Waals surface area contributed by atoms with E-state index < -0.39 is 15.6 Å². The Labute approximate surface area is 191 Å². The van der Waals surface area contributed by atoms with Crippen LogP contribution in [0.1, 0.15) is 32.1 Å². The predicted molar refractivity (Wildman–Crippen MR) is 126 cm³/mol. The number of sulfonamides is 1. The van der Waals surface area contributed by atoms with Gasteiger partial charge in [0.2, 0.25) is 15.9 Å². The molecule has 33 heavy (non-hydrogen) atoms. The van der Waals surface area contributed by atoms with E-state index >= 15 is 0 Å². The second-order valence-electron chi connectivity index (χ2n) is 8.08. The van der Waals surface area contributed by atoms with Crippen molar-refractivity contribution >= 4 is 32.4 Å². The summed E-state index contributed by atoms with van der Waals surface area (Å²) in [5, 5.41) is 5.79. The number of rotatable bonds is 6. The molecule has 4 rings (SSSR count). The monoisotopic (exact) mass is 470 g/mol. The SMILES string of the molecule is O=C(CCn1[nH]c(=O)c2ccccc2c1=O)Nc1ccc(S(=O)(=O)N2CCCCCC2)cc1. The molecular weight excluding hydrogens is 444 g/mol. The molecule has 174 valence electrons. The first-order valence-corrected chi connectivity index (χ1v) is 12.4. The molecule has 1 amide bonds. The first kappa shape index (κ1) is 22.9. The van der Waals surface area contributed by atoms with Crippen molar-refractivity contribution in [3.8, 4) is 0 Å². The maximum Gasteiger partial charge on any atom is 0.273 e. The van der Waals surface area contributed by atoms with Crippen LogP contribution < -0.4 is 16.4 Å². The van der Waals surface area contributed by atoms with Crippen molar-refractivity contribution in [1.29, 1.82) is 0 Å². The summed E-state index contributed by atoms with van der Waals surface area (Å²) in [5.74, 6) is -0.362. The molecule has 2 N–H and O–H groups in total. The summed E-state index contributed by atoms with van der Waals surface area (Å²) >= 11 is 0. The lowest BCUT2D eigenvalue weighted by atomic mass is 10.2. The number of amides is 1. The molecule has 0 saturated carbocycles. The summed E-state index contributed by atoms with van der Waals surface area (Å²) in [6, 6.07) is 12.6. The Hall–Kier alpha value is -3.24. The highest BCUT2D eigenvalue weighted by Crippen LogP contribution is 2.21. The fourth-order valence-electron chi connectivity index (χ4n) is 3.98. The van der Waals surface area contributed by atoms with Crippen molar-refractivity contribution in [1.82, 2.24) is 14.1 Å². The number of nitrogens with one attached hydrogen (secondary N) is 2. The number of aromatic amines is 1. The summed E-state index contributed by atoms with van der Waals surface area (Å²) in [4.78, 5) is 37.3. The van der Waals surface area contributed by atoms with Crippen LogP contribution in [0.15, 0.2) is 63.0 Å². The van der Waals surface area contributed by atoms with E-state index in [1.54, 1.807) is 36.4 Å². The second kappa shape index (κ2) is 9.72. The molecule has 0 atom stereocenters. The molecule has 0 aliphatic carbocycles. The summed E-state index contributed by atoms with van der Waals surface area (Å²) < 4.78 is 28.4. The van der Waals surface area contributed by atoms with Gasteiger partial charge >= 0.3 is 0 Å². The number of fused-ring (bicyclic) bond motifs is 1. The third-order valence-corrected chi connectivity index (χ3v) is 7.70. The highest BCUT2D eigenvalue weighted by molar-refractivity contribution is 7.89. The maximum absolute atomic E-state index is 12.9. The molecule has 2 heterocycles. The topological polar surface area (TPSA) is 121 Å². The molecule has 1 saturated heterocycles. The van der Waals surface area contributed by atoms with Gasteiger partial charge in [-0.25, -0.2) is 13.1 Å². The normalized spacial score (nSPS) is 15.3. The fourth-order valence-corrected chi connectivity index (χ4v) is 5.50. The van der Waals surface area contributed by atoms with Crippen LogP contribution in [-0.2, 0) is 21.4 Å². The minimum atomic E-state index is -3.55. The molecule has 9 nitrogen and oxygen atoms in total. The van der Waals surface area contributed by atoms with E-state index in [1.165, 1.54) is 16.4 Å². The fraction of sp³-hybridized carbons (Fsp3) is 0.348. The summed E-state index contributed by atoms with van der Waals surface area (Å²) in [6.07, 6.45) is 3.76. The molecule has 0 spiro atoms. The van der Waals surface area contributed by atoms with Crippen LogP contribution >= 0.6 is 0 Å². The smallest absolute Gasteiger partial charge is 0.273 e. The van der Waals surface area contributed by atoms with Gasteiger partial charge in [0, 0.05) is 25.2 Å². The molecule has 1 aliphatic heterocycles. The van der Waals surface area contributed by atoms with Crippen LogP contribution in [0.25, 0.3) is 10.8 Å². The van der Waals surface area contributed by atoms with Crippen LogP contribution in [0, 0.1) is 0 Å². The summed E-state index contributed by atoms with van der Waals surface area (Å²) in [7, 11) is -3.55. The lowest BCUT2D eigenvalue weighted by molar-refractivity contribution is -0.116. The Morgan fingerprint density at radius 1 is 0.909 bits per heavy atom. The zero-order chi connectivity index (χ0) is 23.4. The Morgan fingerprint density at radius 2 is 1.55 bits per heavy atom. The number of benzene rings is 2. The first-order chi connectivity index (χ1) is 15.9. The van der Waals surface area contributed by atoms with Gasteiger partial charge in [-0.15, -0.1) is 0 Å². The average Bonchev–Trinajstić information content (AvgIpc) is 3.11. The first-order valence-electron chi connectivity index (χ1n) is 11.0. The van der Waals surface area contributed by atoms with Gasteiger partial charge in [0.15, 0.2) is 0 Å². The van der Waals surface area contributed by atoms with Gasteiger partial charge in [-0.3, -0.25) is 19.5 Å². The Kier molecular flexibility index (Phi) is 6.75. The molecule has 1 aromatic heterocycles. The molecule has 0 unspecified atom stereocenters. The minimum absolute atomic E-state index is 0.00611. The Morgan fingerprint density at radius 3 is 2.21 bits per heavy atom. The van der Waals surface area contributed by atoms with Gasteiger partial charge < -0.3 is 5.32 Å². The van der Waals surface area contributed by atoms with Crippen LogP contribution in [0.2, 0.25) is 0 Å². The largest absolute Gasteiger partial charge is 0.326 e. The highest BCUT2D eigenvalue weighted by Gasteiger charge is 2.25. The van der Waals surface area contributed by atoms with Crippen LogP contribution in [0.3, 0.4) is 0 Å². The standard InChI is InChI=1S/C23H26N4O5S/c28-21(13-16-27-23(30)20-8-4-3-7-19(20)22(29)25-27)24-17-9-11-18(12-10-17)33(31,32)26-14-5-1-2-6-15-26/h3-4,7-12H,1-2,5-6,13-16H2,(H,24,28)(H,25,29). The van der Waals surface area contributed by atoms with Crippen molar-refractivity contribution in [2.24, 2.45) is 0 Å². The molecule has 0 radical (unpaired) electrons. The Bertz CT molecular complexity index is 1370. The molecule has 3 aromatic rings. The van der Waals surface area contributed by atoms with Gasteiger partial charge in [-0.05, 0) is 49.2 Å². The molecule has 1 fully saturated rings. The van der Waals surface area contributed by atoms with E-state index in [2.05, 4.69) is 10.4 Å². The summed E-state index contributed by atoms with van der Waals surface area (Å²) in [5.41, 5.74) is -0.318. The maximum atomic E-state index is 12.9. The number of anilines is 1. The Balaban J connectivity index is 1.40. The van der Waals surface area contributed by atoms with E-state index in [0.29, 0.717) is 29.5 Å². The van der Waals surface area contributed by atoms with Crippen molar-refractivity contribution in [2.75, 3.05) is 18.4 Å². The highest BCUT2D eigenvalue weighted by atomic mass is 32.2. The quantitative estimate of drug-likeness (QED) is 0.573. The third kappa shape index (κ3) is 5.07. The molecule has 10 heteroatoms. The molecule has 0 bridgehead atoms. The number of aryl methyl sites for hydroxylation is 1. The van der Waals surface area contributed by atoms with Crippen LogP contribution in [-0.4, -0.2) is 41.5 Å². The predicted octanol–water partition coefficient (Wildman–Crippen LogP) is 2.28. The van der Waals surface area contributed by atoms with Gasteiger partial charge in [0.25, 0.3) is 11.1 Å². The summed E-state index contributed by atoms with van der Waals surface area (Å²) in [6.45, 7) is 1.06. The van der Waals surface area contributed by atoms with Crippen molar-refractivity contribution < 1.29 is 13.2 Å².